The number of rotatable bonds is 5. The lowest BCUT2D eigenvalue weighted by Crippen LogP contribution is -2.53. The summed E-state index contributed by atoms with van der Waals surface area (Å²) in [6.45, 7) is 2.65. The van der Waals surface area contributed by atoms with Crippen LogP contribution in [0.1, 0.15) is 31.2 Å². The minimum atomic E-state index is -0.927. The summed E-state index contributed by atoms with van der Waals surface area (Å²) in [4.78, 5) is 25.1. The molecule has 0 aromatic heterocycles. The number of halogens is 1. The number of carboxylic acids is 1. The lowest BCUT2D eigenvalue weighted by atomic mass is 9.90. The molecule has 0 spiro atoms. The maximum atomic E-state index is 13.5. The predicted molar refractivity (Wildman–Crippen MR) is 79.0 cm³/mol. The van der Waals surface area contributed by atoms with E-state index in [9.17, 15) is 19.1 Å². The fraction of sp³-hybridized carbons (Fsp3) is 0.529. The van der Waals surface area contributed by atoms with E-state index in [2.05, 4.69) is 0 Å². The highest BCUT2D eigenvalue weighted by molar-refractivity contribution is 5.79. The van der Waals surface area contributed by atoms with Crippen molar-refractivity contribution in [2.45, 2.75) is 31.2 Å². The van der Waals surface area contributed by atoms with Crippen LogP contribution in [0.5, 0.6) is 0 Å². The Bertz CT molecular complexity index is 601. The van der Waals surface area contributed by atoms with E-state index in [1.165, 1.54) is 12.1 Å². The SMILES string of the molecule is C[C@](C(=O)O)(C1CC1)N1C[C@H](c2cccc(F)c2)[C@@H](C=O)C1. The zero-order valence-corrected chi connectivity index (χ0v) is 12.5. The molecule has 0 radical (unpaired) electrons. The van der Waals surface area contributed by atoms with Crippen molar-refractivity contribution in [1.82, 2.24) is 4.90 Å². The van der Waals surface area contributed by atoms with Crippen LogP contribution >= 0.6 is 0 Å². The maximum Gasteiger partial charge on any atom is 0.324 e. The van der Waals surface area contributed by atoms with Crippen molar-refractivity contribution in [1.29, 1.82) is 0 Å². The molecule has 22 heavy (non-hydrogen) atoms. The molecule has 2 aliphatic rings. The summed E-state index contributed by atoms with van der Waals surface area (Å²) in [5, 5.41) is 9.67. The highest BCUT2D eigenvalue weighted by atomic mass is 19.1. The molecule has 3 rings (SSSR count). The van der Waals surface area contributed by atoms with Crippen LogP contribution in [0.25, 0.3) is 0 Å². The molecule has 5 heteroatoms. The van der Waals surface area contributed by atoms with Gasteiger partial charge in [0.15, 0.2) is 0 Å². The molecular weight excluding hydrogens is 285 g/mol. The van der Waals surface area contributed by atoms with Gasteiger partial charge in [-0.15, -0.1) is 0 Å². The van der Waals surface area contributed by atoms with Crippen molar-refractivity contribution >= 4 is 12.3 Å². The Morgan fingerprint density at radius 2 is 2.14 bits per heavy atom. The molecule has 1 aliphatic heterocycles. The summed E-state index contributed by atoms with van der Waals surface area (Å²) < 4.78 is 13.5. The van der Waals surface area contributed by atoms with E-state index in [1.807, 2.05) is 11.0 Å². The van der Waals surface area contributed by atoms with Gasteiger partial charge in [-0.1, -0.05) is 12.1 Å². The quantitative estimate of drug-likeness (QED) is 0.848. The van der Waals surface area contributed by atoms with E-state index in [-0.39, 0.29) is 23.6 Å². The van der Waals surface area contributed by atoms with Gasteiger partial charge in [0.1, 0.15) is 17.6 Å². The van der Waals surface area contributed by atoms with Gasteiger partial charge in [0.2, 0.25) is 0 Å². The van der Waals surface area contributed by atoms with E-state index in [1.54, 1.807) is 13.0 Å². The number of likely N-dealkylation sites (tertiary alicyclic amines) is 1. The number of aliphatic carboxylic acids is 1. The average molecular weight is 305 g/mol. The molecule has 1 saturated carbocycles. The molecular formula is C17H20FNO3. The predicted octanol–water partition coefficient (Wildman–Crippen LogP) is 2.29. The van der Waals surface area contributed by atoms with Gasteiger partial charge in [0.05, 0.1) is 0 Å². The van der Waals surface area contributed by atoms with Gasteiger partial charge >= 0.3 is 5.97 Å². The number of benzene rings is 1. The second-order valence-electron chi connectivity index (χ2n) is 6.59. The Morgan fingerprint density at radius 3 is 2.68 bits per heavy atom. The number of aldehydes is 1. The van der Waals surface area contributed by atoms with Crippen LogP contribution in [0.2, 0.25) is 0 Å². The van der Waals surface area contributed by atoms with E-state index in [0.29, 0.717) is 13.1 Å². The molecule has 1 aromatic rings. The first-order valence-corrected chi connectivity index (χ1v) is 7.66. The normalized spacial score (nSPS) is 28.3. The molecule has 0 unspecified atom stereocenters. The summed E-state index contributed by atoms with van der Waals surface area (Å²) >= 11 is 0. The molecule has 2 fully saturated rings. The van der Waals surface area contributed by atoms with Crippen molar-refractivity contribution in [2.24, 2.45) is 11.8 Å². The third kappa shape index (κ3) is 2.43. The average Bonchev–Trinajstić information content (AvgIpc) is 3.25. The standard InChI is InChI=1S/C17H20FNO3/c1-17(16(21)22,13-5-6-13)19-8-12(10-20)15(9-19)11-3-2-4-14(18)7-11/h2-4,7,10,12-13,15H,5-6,8-9H2,1H3,(H,21,22)/t12-,15-,17-/m1/s1. The molecule has 1 heterocycles. The van der Waals surface area contributed by atoms with Crippen LogP contribution in [0.3, 0.4) is 0 Å². The van der Waals surface area contributed by atoms with E-state index in [0.717, 1.165) is 24.7 Å². The summed E-state index contributed by atoms with van der Waals surface area (Å²) in [5.74, 6) is -1.46. The molecule has 4 nitrogen and oxygen atoms in total. The Labute approximate surface area is 128 Å². The number of hydrogen-bond donors (Lipinski definition) is 1. The van der Waals surface area contributed by atoms with E-state index < -0.39 is 11.5 Å². The molecule has 1 aliphatic carbocycles. The first kappa shape index (κ1) is 15.2. The van der Waals surface area contributed by atoms with Crippen LogP contribution in [0, 0.1) is 17.7 Å². The van der Waals surface area contributed by atoms with Crippen molar-refractivity contribution in [3.8, 4) is 0 Å². The van der Waals surface area contributed by atoms with Crippen molar-refractivity contribution in [2.75, 3.05) is 13.1 Å². The maximum absolute atomic E-state index is 13.5. The number of nitrogens with zero attached hydrogens (tertiary/aromatic N) is 1. The Hall–Kier alpha value is -1.75. The Morgan fingerprint density at radius 1 is 1.41 bits per heavy atom. The van der Waals surface area contributed by atoms with Gasteiger partial charge in [0, 0.05) is 24.9 Å². The van der Waals surface area contributed by atoms with Crippen LogP contribution in [-0.2, 0) is 9.59 Å². The topological polar surface area (TPSA) is 57.6 Å². The number of carboxylic acid groups (broad SMARTS) is 1. The smallest absolute Gasteiger partial charge is 0.324 e. The van der Waals surface area contributed by atoms with Crippen LogP contribution < -0.4 is 0 Å². The molecule has 118 valence electrons. The van der Waals surface area contributed by atoms with Gasteiger partial charge in [-0.2, -0.15) is 0 Å². The highest BCUT2D eigenvalue weighted by Gasteiger charge is 2.54. The van der Waals surface area contributed by atoms with Gasteiger partial charge in [-0.3, -0.25) is 9.69 Å². The zero-order chi connectivity index (χ0) is 15.9. The van der Waals surface area contributed by atoms with Crippen molar-refractivity contribution < 1.29 is 19.1 Å². The van der Waals surface area contributed by atoms with E-state index in [4.69, 9.17) is 0 Å². The third-order valence-corrected chi connectivity index (χ3v) is 5.28. The molecule has 0 amide bonds. The minimum absolute atomic E-state index is 0.142. The highest BCUT2D eigenvalue weighted by Crippen LogP contribution is 2.46. The van der Waals surface area contributed by atoms with Gasteiger partial charge in [-0.05, 0) is 43.4 Å². The van der Waals surface area contributed by atoms with Crippen LogP contribution in [0.15, 0.2) is 24.3 Å². The van der Waals surface area contributed by atoms with Crippen LogP contribution in [-0.4, -0.2) is 40.9 Å². The fourth-order valence-corrected chi connectivity index (χ4v) is 3.65. The summed E-state index contributed by atoms with van der Waals surface area (Å²) in [6.07, 6.45) is 2.70. The third-order valence-electron chi connectivity index (χ3n) is 5.28. The number of hydrogen-bond acceptors (Lipinski definition) is 3. The summed E-state index contributed by atoms with van der Waals surface area (Å²) in [5.41, 5.74) is -0.160. The lowest BCUT2D eigenvalue weighted by Gasteiger charge is -2.35. The zero-order valence-electron chi connectivity index (χ0n) is 12.5. The van der Waals surface area contributed by atoms with Crippen LogP contribution in [0.4, 0.5) is 4.39 Å². The summed E-state index contributed by atoms with van der Waals surface area (Å²) in [7, 11) is 0. The minimum Gasteiger partial charge on any atom is -0.480 e. The van der Waals surface area contributed by atoms with Crippen molar-refractivity contribution in [3.63, 3.8) is 0 Å². The molecule has 1 aromatic carbocycles. The monoisotopic (exact) mass is 305 g/mol. The molecule has 0 bridgehead atoms. The lowest BCUT2D eigenvalue weighted by molar-refractivity contribution is -0.151. The molecule has 3 atom stereocenters. The second kappa shape index (κ2) is 5.47. The second-order valence-corrected chi connectivity index (χ2v) is 6.59. The van der Waals surface area contributed by atoms with E-state index >= 15 is 0 Å². The number of carbonyl (C=O) groups is 2. The van der Waals surface area contributed by atoms with Crippen molar-refractivity contribution in [3.05, 3.63) is 35.6 Å². The molecule has 1 N–H and O–H groups in total. The Balaban J connectivity index is 1.88. The van der Waals surface area contributed by atoms with Gasteiger partial charge in [0.25, 0.3) is 0 Å². The van der Waals surface area contributed by atoms with Gasteiger partial charge < -0.3 is 9.90 Å². The fourth-order valence-electron chi connectivity index (χ4n) is 3.65. The van der Waals surface area contributed by atoms with Gasteiger partial charge in [-0.25, -0.2) is 4.39 Å². The first-order chi connectivity index (χ1) is 10.5. The Kier molecular flexibility index (Phi) is 3.77. The molecule has 1 saturated heterocycles. The number of carbonyl (C=O) groups excluding carboxylic acids is 1. The largest absolute Gasteiger partial charge is 0.480 e. The summed E-state index contributed by atoms with van der Waals surface area (Å²) in [6, 6.07) is 6.26. The first-order valence-electron chi connectivity index (χ1n) is 7.66.